The molecule has 0 fully saturated rings. The monoisotopic (exact) mass is 293 g/mol. The van der Waals surface area contributed by atoms with E-state index in [4.69, 9.17) is 4.42 Å². The highest BCUT2D eigenvalue weighted by Gasteiger charge is 2.14. The summed E-state index contributed by atoms with van der Waals surface area (Å²) < 4.78 is 18.6. The van der Waals surface area contributed by atoms with Crippen molar-refractivity contribution in [3.8, 4) is 17.5 Å². The Morgan fingerprint density at radius 3 is 2.41 bits per heavy atom. The summed E-state index contributed by atoms with van der Waals surface area (Å²) in [4.78, 5) is 4.13. The molecule has 5 heteroatoms. The minimum atomic E-state index is -0.339. The highest BCUT2D eigenvalue weighted by atomic mass is 19.1. The quantitative estimate of drug-likeness (QED) is 0.777. The molecular weight excluding hydrogens is 281 g/mol. The Morgan fingerprint density at radius 1 is 1.09 bits per heavy atom. The first-order valence-electron chi connectivity index (χ1n) is 6.66. The van der Waals surface area contributed by atoms with Crippen molar-refractivity contribution in [1.82, 2.24) is 4.98 Å². The maximum atomic E-state index is 13.0. The Labute approximate surface area is 126 Å². The molecule has 0 saturated carbocycles. The first kappa shape index (κ1) is 13.8. The molecule has 0 amide bonds. The van der Waals surface area contributed by atoms with E-state index in [1.54, 1.807) is 12.1 Å². The number of oxazole rings is 1. The molecule has 0 aliphatic carbocycles. The van der Waals surface area contributed by atoms with Crippen LogP contribution in [0.4, 0.5) is 16.0 Å². The maximum Gasteiger partial charge on any atom is 0.236 e. The standard InChI is InChI=1S/C17H12FN3O/c1-11-2-8-14(9-3-11)20-17-15(10-19)21-16(22-17)12-4-6-13(18)7-5-12/h2-9,20H,1H3. The molecule has 1 N–H and O–H groups in total. The van der Waals surface area contributed by atoms with Crippen LogP contribution in [0.1, 0.15) is 11.3 Å². The number of halogens is 1. The van der Waals surface area contributed by atoms with Crippen LogP contribution in [0.5, 0.6) is 0 Å². The van der Waals surface area contributed by atoms with Gasteiger partial charge < -0.3 is 9.73 Å². The zero-order valence-corrected chi connectivity index (χ0v) is 11.8. The van der Waals surface area contributed by atoms with Crippen LogP contribution in [-0.2, 0) is 0 Å². The van der Waals surface area contributed by atoms with E-state index in [0.717, 1.165) is 11.3 Å². The van der Waals surface area contributed by atoms with Gasteiger partial charge in [0.1, 0.15) is 11.9 Å². The molecule has 0 atom stereocenters. The van der Waals surface area contributed by atoms with Gasteiger partial charge in [0.2, 0.25) is 17.5 Å². The zero-order chi connectivity index (χ0) is 15.5. The van der Waals surface area contributed by atoms with Gasteiger partial charge in [-0.1, -0.05) is 17.7 Å². The Kier molecular flexibility index (Phi) is 3.58. The average Bonchev–Trinajstić information content (AvgIpc) is 2.93. The van der Waals surface area contributed by atoms with Crippen molar-refractivity contribution in [2.45, 2.75) is 6.92 Å². The fourth-order valence-corrected chi connectivity index (χ4v) is 1.96. The first-order valence-corrected chi connectivity index (χ1v) is 6.66. The molecule has 0 aliphatic rings. The van der Waals surface area contributed by atoms with Gasteiger partial charge >= 0.3 is 0 Å². The summed E-state index contributed by atoms with van der Waals surface area (Å²) in [5.74, 6) is 0.200. The molecule has 1 heterocycles. The second-order valence-electron chi connectivity index (χ2n) is 4.81. The summed E-state index contributed by atoms with van der Waals surface area (Å²) in [6, 6.07) is 15.4. The van der Waals surface area contributed by atoms with E-state index in [1.165, 1.54) is 12.1 Å². The van der Waals surface area contributed by atoms with Crippen LogP contribution in [0, 0.1) is 24.1 Å². The summed E-state index contributed by atoms with van der Waals surface area (Å²) in [5.41, 5.74) is 2.69. The van der Waals surface area contributed by atoms with Gasteiger partial charge in [0.15, 0.2) is 0 Å². The van der Waals surface area contributed by atoms with E-state index >= 15 is 0 Å². The Bertz CT molecular complexity index is 830. The number of hydrogen-bond donors (Lipinski definition) is 1. The SMILES string of the molecule is Cc1ccc(Nc2oc(-c3ccc(F)cc3)nc2C#N)cc1. The normalized spacial score (nSPS) is 10.2. The topological polar surface area (TPSA) is 61.9 Å². The molecule has 0 bridgehead atoms. The third-order valence-corrected chi connectivity index (χ3v) is 3.13. The Morgan fingerprint density at radius 2 is 1.77 bits per heavy atom. The zero-order valence-electron chi connectivity index (χ0n) is 11.8. The second kappa shape index (κ2) is 5.70. The third-order valence-electron chi connectivity index (χ3n) is 3.13. The molecule has 2 aromatic carbocycles. The third kappa shape index (κ3) is 2.81. The van der Waals surface area contributed by atoms with Crippen LogP contribution < -0.4 is 5.32 Å². The van der Waals surface area contributed by atoms with E-state index in [9.17, 15) is 9.65 Å². The predicted molar refractivity (Wildman–Crippen MR) is 81.1 cm³/mol. The van der Waals surface area contributed by atoms with Crippen LogP contribution in [0.3, 0.4) is 0 Å². The molecular formula is C17H12FN3O. The highest BCUT2D eigenvalue weighted by Crippen LogP contribution is 2.27. The van der Waals surface area contributed by atoms with E-state index in [-0.39, 0.29) is 23.3 Å². The lowest BCUT2D eigenvalue weighted by molar-refractivity contribution is 0.590. The molecule has 0 radical (unpaired) electrons. The van der Waals surface area contributed by atoms with Gasteiger partial charge in [-0.25, -0.2) is 4.39 Å². The van der Waals surface area contributed by atoms with Crippen molar-refractivity contribution in [3.63, 3.8) is 0 Å². The molecule has 0 saturated heterocycles. The maximum absolute atomic E-state index is 13.0. The number of aryl methyl sites for hydroxylation is 1. The number of anilines is 2. The Hall–Kier alpha value is -3.13. The molecule has 0 aliphatic heterocycles. The summed E-state index contributed by atoms with van der Waals surface area (Å²) in [6.45, 7) is 1.99. The van der Waals surface area contributed by atoms with Crippen molar-refractivity contribution in [3.05, 3.63) is 65.6 Å². The smallest absolute Gasteiger partial charge is 0.236 e. The van der Waals surface area contributed by atoms with Crippen LogP contribution in [0.25, 0.3) is 11.5 Å². The van der Waals surface area contributed by atoms with Crippen molar-refractivity contribution in [2.24, 2.45) is 0 Å². The number of nitrogens with zero attached hydrogens (tertiary/aromatic N) is 2. The van der Waals surface area contributed by atoms with Crippen LogP contribution in [-0.4, -0.2) is 4.98 Å². The van der Waals surface area contributed by atoms with Gasteiger partial charge in [0, 0.05) is 11.3 Å². The molecule has 4 nitrogen and oxygen atoms in total. The number of benzene rings is 2. The second-order valence-corrected chi connectivity index (χ2v) is 4.81. The van der Waals surface area contributed by atoms with Crippen LogP contribution >= 0.6 is 0 Å². The van der Waals surface area contributed by atoms with E-state index in [2.05, 4.69) is 10.3 Å². The minimum absolute atomic E-state index is 0.153. The molecule has 0 unspecified atom stereocenters. The van der Waals surface area contributed by atoms with Crippen LogP contribution in [0.2, 0.25) is 0 Å². The minimum Gasteiger partial charge on any atom is -0.419 e. The number of hydrogen-bond acceptors (Lipinski definition) is 4. The van der Waals surface area contributed by atoms with Gasteiger partial charge in [-0.15, -0.1) is 0 Å². The number of aromatic nitrogens is 1. The molecule has 3 rings (SSSR count). The van der Waals surface area contributed by atoms with Gasteiger partial charge in [0.25, 0.3) is 0 Å². The summed E-state index contributed by atoms with van der Waals surface area (Å²) in [5, 5.41) is 12.2. The van der Waals surface area contributed by atoms with Gasteiger partial charge in [0.05, 0.1) is 0 Å². The van der Waals surface area contributed by atoms with Crippen molar-refractivity contribution in [2.75, 3.05) is 5.32 Å². The Balaban J connectivity index is 1.93. The average molecular weight is 293 g/mol. The molecule has 108 valence electrons. The van der Waals surface area contributed by atoms with Crippen LogP contribution in [0.15, 0.2) is 52.9 Å². The number of nitrogens with one attached hydrogen (secondary N) is 1. The van der Waals surface area contributed by atoms with E-state index < -0.39 is 0 Å². The van der Waals surface area contributed by atoms with Gasteiger partial charge in [-0.2, -0.15) is 10.2 Å². The fourth-order valence-electron chi connectivity index (χ4n) is 1.96. The van der Waals surface area contributed by atoms with Crippen molar-refractivity contribution < 1.29 is 8.81 Å². The summed E-state index contributed by atoms with van der Waals surface area (Å²) in [6.07, 6.45) is 0. The molecule has 22 heavy (non-hydrogen) atoms. The lowest BCUT2D eigenvalue weighted by atomic mass is 10.2. The van der Waals surface area contributed by atoms with Crippen molar-refractivity contribution >= 4 is 11.6 Å². The predicted octanol–water partition coefficient (Wildman–Crippen LogP) is 4.40. The fraction of sp³-hybridized carbons (Fsp3) is 0.0588. The molecule has 3 aromatic rings. The molecule has 1 aromatic heterocycles. The van der Waals surface area contributed by atoms with E-state index in [0.29, 0.717) is 5.56 Å². The lowest BCUT2D eigenvalue weighted by Gasteiger charge is -2.02. The first-order chi connectivity index (χ1) is 10.7. The van der Waals surface area contributed by atoms with E-state index in [1.807, 2.05) is 37.3 Å². The lowest BCUT2D eigenvalue weighted by Crippen LogP contribution is -1.90. The highest BCUT2D eigenvalue weighted by molar-refractivity contribution is 5.64. The van der Waals surface area contributed by atoms with Crippen molar-refractivity contribution in [1.29, 1.82) is 5.26 Å². The summed E-state index contributed by atoms with van der Waals surface area (Å²) >= 11 is 0. The number of rotatable bonds is 3. The van der Waals surface area contributed by atoms with Gasteiger partial charge in [-0.05, 0) is 43.3 Å². The molecule has 0 spiro atoms. The van der Waals surface area contributed by atoms with Gasteiger partial charge in [-0.3, -0.25) is 0 Å². The summed E-state index contributed by atoms with van der Waals surface area (Å²) in [7, 11) is 0. The number of nitriles is 1. The largest absolute Gasteiger partial charge is 0.419 e.